The maximum atomic E-state index is 11.7. The summed E-state index contributed by atoms with van der Waals surface area (Å²) in [6, 6.07) is 7.44. The number of rotatable bonds is 7. The number of thioether (sulfide) groups is 1. The predicted molar refractivity (Wildman–Crippen MR) is 96.1 cm³/mol. The highest BCUT2D eigenvalue weighted by Gasteiger charge is 2.18. The van der Waals surface area contributed by atoms with Crippen LogP contribution in [0.5, 0.6) is 5.75 Å². The van der Waals surface area contributed by atoms with Crippen molar-refractivity contribution >= 4 is 41.1 Å². The fourth-order valence-electron chi connectivity index (χ4n) is 1.69. The molecule has 0 aliphatic rings. The van der Waals surface area contributed by atoms with Gasteiger partial charge in [0.2, 0.25) is 0 Å². The van der Waals surface area contributed by atoms with Crippen molar-refractivity contribution in [2.45, 2.75) is 34.2 Å². The molecule has 1 heterocycles. The van der Waals surface area contributed by atoms with Crippen LogP contribution in [-0.4, -0.2) is 34.9 Å². The maximum absolute atomic E-state index is 11.7. The quantitative estimate of drug-likeness (QED) is 0.304. The molecule has 0 aliphatic heterocycles. The standard InChI is InChI=1S/C16H17ClN2O3S2/c1-4-22-15(20)10(2)23-16-18-9-13(21-3)14(19-16)24-12-7-5-11(17)6-8-12/h5-10H,4H2,1-3H3/t10-/m1/s1. The lowest BCUT2D eigenvalue weighted by Gasteiger charge is -2.11. The van der Waals surface area contributed by atoms with E-state index < -0.39 is 0 Å². The number of benzene rings is 1. The summed E-state index contributed by atoms with van der Waals surface area (Å²) in [7, 11) is 1.57. The van der Waals surface area contributed by atoms with Crippen LogP contribution in [0.3, 0.4) is 0 Å². The highest BCUT2D eigenvalue weighted by molar-refractivity contribution is 8.00. The molecule has 0 aliphatic carbocycles. The smallest absolute Gasteiger partial charge is 0.319 e. The van der Waals surface area contributed by atoms with Crippen LogP contribution in [0.25, 0.3) is 0 Å². The molecule has 24 heavy (non-hydrogen) atoms. The molecule has 0 N–H and O–H groups in total. The number of ether oxygens (including phenoxy) is 2. The summed E-state index contributed by atoms with van der Waals surface area (Å²) < 4.78 is 10.3. The molecule has 8 heteroatoms. The number of carbonyl (C=O) groups is 1. The number of hydrogen-bond acceptors (Lipinski definition) is 7. The van der Waals surface area contributed by atoms with Gasteiger partial charge in [-0.05, 0) is 38.1 Å². The minimum Gasteiger partial charge on any atom is -0.492 e. The Balaban J connectivity index is 2.17. The van der Waals surface area contributed by atoms with E-state index in [0.29, 0.717) is 27.6 Å². The Morgan fingerprint density at radius 2 is 2.04 bits per heavy atom. The Bertz CT molecular complexity index is 698. The van der Waals surface area contributed by atoms with Gasteiger partial charge in [0.05, 0.1) is 19.9 Å². The summed E-state index contributed by atoms with van der Waals surface area (Å²) in [6.07, 6.45) is 1.60. The first-order valence-corrected chi connectivity index (χ1v) is 9.28. The Labute approximate surface area is 154 Å². The molecule has 1 aromatic heterocycles. The zero-order valence-electron chi connectivity index (χ0n) is 13.5. The van der Waals surface area contributed by atoms with E-state index in [-0.39, 0.29) is 11.2 Å². The summed E-state index contributed by atoms with van der Waals surface area (Å²) >= 11 is 8.60. The van der Waals surface area contributed by atoms with Gasteiger partial charge >= 0.3 is 5.97 Å². The van der Waals surface area contributed by atoms with Crippen molar-refractivity contribution in [3.05, 3.63) is 35.5 Å². The summed E-state index contributed by atoms with van der Waals surface area (Å²) in [5.41, 5.74) is 0. The number of halogens is 1. The highest BCUT2D eigenvalue weighted by atomic mass is 35.5. The van der Waals surface area contributed by atoms with E-state index in [4.69, 9.17) is 21.1 Å². The largest absolute Gasteiger partial charge is 0.492 e. The van der Waals surface area contributed by atoms with E-state index in [1.54, 1.807) is 27.2 Å². The van der Waals surface area contributed by atoms with Gasteiger partial charge in [0.1, 0.15) is 10.3 Å². The Morgan fingerprint density at radius 1 is 1.33 bits per heavy atom. The molecule has 1 aromatic carbocycles. The van der Waals surface area contributed by atoms with Gasteiger partial charge < -0.3 is 9.47 Å². The predicted octanol–water partition coefficient (Wildman–Crippen LogP) is 4.33. The van der Waals surface area contributed by atoms with Crippen LogP contribution in [0.4, 0.5) is 0 Å². The Morgan fingerprint density at radius 3 is 2.67 bits per heavy atom. The lowest BCUT2D eigenvalue weighted by molar-refractivity contribution is -0.142. The van der Waals surface area contributed by atoms with Crippen LogP contribution in [0, 0.1) is 0 Å². The zero-order valence-corrected chi connectivity index (χ0v) is 15.9. The molecule has 2 rings (SSSR count). The fourth-order valence-corrected chi connectivity index (χ4v) is 3.48. The number of aromatic nitrogens is 2. The number of hydrogen-bond donors (Lipinski definition) is 0. The summed E-state index contributed by atoms with van der Waals surface area (Å²) in [4.78, 5) is 21.4. The summed E-state index contributed by atoms with van der Waals surface area (Å²) in [5.74, 6) is 0.289. The Kier molecular flexibility index (Phi) is 7.20. The molecule has 0 spiro atoms. The average molecular weight is 385 g/mol. The fraction of sp³-hybridized carbons (Fsp3) is 0.312. The van der Waals surface area contributed by atoms with Crippen LogP contribution in [0.15, 0.2) is 45.5 Å². The van der Waals surface area contributed by atoms with E-state index in [0.717, 1.165) is 4.90 Å². The van der Waals surface area contributed by atoms with Crippen molar-refractivity contribution in [1.29, 1.82) is 0 Å². The van der Waals surface area contributed by atoms with Gasteiger partial charge in [0.15, 0.2) is 10.9 Å². The minimum absolute atomic E-state index is 0.283. The van der Waals surface area contributed by atoms with Gasteiger partial charge in [0, 0.05) is 9.92 Å². The molecule has 0 bridgehead atoms. The third-order valence-electron chi connectivity index (χ3n) is 2.85. The van der Waals surface area contributed by atoms with Gasteiger partial charge in [-0.1, -0.05) is 35.1 Å². The first kappa shape index (κ1) is 18.9. The van der Waals surface area contributed by atoms with Crippen LogP contribution in [0.2, 0.25) is 5.02 Å². The van der Waals surface area contributed by atoms with Gasteiger partial charge in [-0.25, -0.2) is 9.97 Å². The first-order valence-electron chi connectivity index (χ1n) is 7.21. The van der Waals surface area contributed by atoms with Crippen molar-refractivity contribution in [2.24, 2.45) is 0 Å². The second-order valence-electron chi connectivity index (χ2n) is 4.59. The van der Waals surface area contributed by atoms with Crippen LogP contribution < -0.4 is 4.74 Å². The molecule has 0 fully saturated rings. The zero-order chi connectivity index (χ0) is 17.5. The van der Waals surface area contributed by atoms with Crippen LogP contribution in [-0.2, 0) is 9.53 Å². The SMILES string of the molecule is CCOC(=O)[C@@H](C)Sc1ncc(OC)c(Sc2ccc(Cl)cc2)n1. The maximum Gasteiger partial charge on any atom is 0.319 e. The lowest BCUT2D eigenvalue weighted by atomic mass is 10.4. The molecule has 0 saturated heterocycles. The van der Waals surface area contributed by atoms with E-state index in [1.807, 2.05) is 24.3 Å². The van der Waals surface area contributed by atoms with Crippen molar-refractivity contribution < 1.29 is 14.3 Å². The van der Waals surface area contributed by atoms with Gasteiger partial charge in [-0.3, -0.25) is 4.79 Å². The third kappa shape index (κ3) is 5.29. The number of carbonyl (C=O) groups excluding carboxylic acids is 1. The van der Waals surface area contributed by atoms with Crippen molar-refractivity contribution in [3.63, 3.8) is 0 Å². The van der Waals surface area contributed by atoms with E-state index in [1.165, 1.54) is 23.5 Å². The topological polar surface area (TPSA) is 61.3 Å². The average Bonchev–Trinajstić information content (AvgIpc) is 2.57. The first-order chi connectivity index (χ1) is 11.5. The molecule has 0 unspecified atom stereocenters. The van der Waals surface area contributed by atoms with Crippen LogP contribution >= 0.6 is 35.1 Å². The molecule has 1 atom stereocenters. The minimum atomic E-state index is -0.383. The molecule has 2 aromatic rings. The monoisotopic (exact) mass is 384 g/mol. The van der Waals surface area contributed by atoms with Crippen molar-refractivity contribution in [3.8, 4) is 5.75 Å². The van der Waals surface area contributed by atoms with E-state index in [2.05, 4.69) is 9.97 Å². The van der Waals surface area contributed by atoms with Gasteiger partial charge in [-0.15, -0.1) is 0 Å². The number of methoxy groups -OCH3 is 1. The van der Waals surface area contributed by atoms with Gasteiger partial charge in [0.25, 0.3) is 0 Å². The molecule has 0 amide bonds. The molecular weight excluding hydrogens is 368 g/mol. The van der Waals surface area contributed by atoms with E-state index >= 15 is 0 Å². The van der Waals surface area contributed by atoms with Crippen molar-refractivity contribution in [1.82, 2.24) is 9.97 Å². The summed E-state index contributed by atoms with van der Waals surface area (Å²) in [6.45, 7) is 3.90. The number of nitrogens with zero attached hydrogens (tertiary/aromatic N) is 2. The molecule has 0 radical (unpaired) electrons. The van der Waals surface area contributed by atoms with Crippen LogP contribution in [0.1, 0.15) is 13.8 Å². The Hall–Kier alpha value is -1.44. The molecule has 0 saturated carbocycles. The molecule has 128 valence electrons. The second kappa shape index (κ2) is 9.15. The lowest BCUT2D eigenvalue weighted by Crippen LogP contribution is -2.17. The molecule has 5 nitrogen and oxygen atoms in total. The molecular formula is C16H17ClN2O3S2. The van der Waals surface area contributed by atoms with Crippen molar-refractivity contribution in [2.75, 3.05) is 13.7 Å². The van der Waals surface area contributed by atoms with E-state index in [9.17, 15) is 4.79 Å². The van der Waals surface area contributed by atoms with Gasteiger partial charge in [-0.2, -0.15) is 0 Å². The number of esters is 1. The normalized spacial score (nSPS) is 11.8. The second-order valence-corrected chi connectivity index (χ2v) is 7.40. The summed E-state index contributed by atoms with van der Waals surface area (Å²) in [5, 5.41) is 1.46. The third-order valence-corrected chi connectivity index (χ3v) is 5.05. The highest BCUT2D eigenvalue weighted by Crippen LogP contribution is 2.35.